The molecule has 1 fully saturated rings. The van der Waals surface area contributed by atoms with Crippen molar-refractivity contribution in [3.05, 3.63) is 29.0 Å². The number of aliphatic carboxylic acids is 1. The highest BCUT2D eigenvalue weighted by Crippen LogP contribution is 2.32. The lowest BCUT2D eigenvalue weighted by Gasteiger charge is -2.26. The Kier molecular flexibility index (Phi) is 4.31. The number of pyridine rings is 1. The number of nitrogens with zero attached hydrogens (tertiary/aromatic N) is 2. The maximum atomic E-state index is 12.4. The minimum absolute atomic E-state index is 0.107. The molecule has 0 saturated carbocycles. The quantitative estimate of drug-likeness (QED) is 0.866. The molecule has 0 aliphatic carbocycles. The Bertz CT molecular complexity index is 494. The fraction of sp³-hybridized carbons (Fsp3) is 0.417. The van der Waals surface area contributed by atoms with Crippen LogP contribution in [0.15, 0.2) is 18.3 Å². The average molecular weight is 301 g/mol. The van der Waals surface area contributed by atoms with E-state index in [0.29, 0.717) is 22.9 Å². The molecule has 1 aliphatic rings. The summed E-state index contributed by atoms with van der Waals surface area (Å²) < 4.78 is 0. The van der Waals surface area contributed by atoms with Gasteiger partial charge in [0, 0.05) is 11.9 Å². The monoisotopic (exact) mass is 300 g/mol. The van der Waals surface area contributed by atoms with Crippen molar-refractivity contribution in [1.29, 1.82) is 0 Å². The van der Waals surface area contributed by atoms with Gasteiger partial charge in [-0.15, -0.1) is 11.8 Å². The average Bonchev–Trinajstić information content (AvgIpc) is 2.82. The second kappa shape index (κ2) is 5.79. The molecule has 1 aromatic rings. The Morgan fingerprint density at radius 1 is 1.58 bits per heavy atom. The minimum atomic E-state index is -0.973. The Labute approximate surface area is 120 Å². The molecule has 1 aromatic heterocycles. The summed E-state index contributed by atoms with van der Waals surface area (Å²) >= 11 is 7.17. The first kappa shape index (κ1) is 14.1. The SMILES string of the molecule is CCC1SCC(C(=O)O)N1C(=O)c1ccc(Cl)nc1. The van der Waals surface area contributed by atoms with Gasteiger partial charge in [0.2, 0.25) is 0 Å². The summed E-state index contributed by atoms with van der Waals surface area (Å²) in [5, 5.41) is 9.39. The molecule has 102 valence electrons. The highest BCUT2D eigenvalue weighted by Gasteiger charge is 2.41. The largest absolute Gasteiger partial charge is 0.480 e. The van der Waals surface area contributed by atoms with Gasteiger partial charge < -0.3 is 10.0 Å². The van der Waals surface area contributed by atoms with E-state index in [9.17, 15) is 14.7 Å². The van der Waals surface area contributed by atoms with E-state index in [1.165, 1.54) is 28.9 Å². The predicted molar refractivity (Wildman–Crippen MR) is 73.4 cm³/mol. The topological polar surface area (TPSA) is 70.5 Å². The van der Waals surface area contributed by atoms with Gasteiger partial charge in [-0.1, -0.05) is 18.5 Å². The van der Waals surface area contributed by atoms with Crippen molar-refractivity contribution in [3.8, 4) is 0 Å². The molecule has 0 bridgehead atoms. The van der Waals surface area contributed by atoms with Crippen LogP contribution in [0.1, 0.15) is 23.7 Å². The number of rotatable bonds is 3. The normalized spacial score (nSPS) is 22.5. The molecular formula is C12H13ClN2O3S. The fourth-order valence-corrected chi connectivity index (χ4v) is 3.45. The molecule has 2 unspecified atom stereocenters. The maximum Gasteiger partial charge on any atom is 0.327 e. The van der Waals surface area contributed by atoms with E-state index in [1.54, 1.807) is 6.07 Å². The summed E-state index contributed by atoms with van der Waals surface area (Å²) in [7, 11) is 0. The van der Waals surface area contributed by atoms with Gasteiger partial charge in [0.15, 0.2) is 0 Å². The van der Waals surface area contributed by atoms with Crippen LogP contribution in [0.3, 0.4) is 0 Å². The van der Waals surface area contributed by atoms with Crippen molar-refractivity contribution < 1.29 is 14.7 Å². The van der Waals surface area contributed by atoms with Gasteiger partial charge in [-0.25, -0.2) is 9.78 Å². The zero-order valence-corrected chi connectivity index (χ0v) is 11.8. The highest BCUT2D eigenvalue weighted by molar-refractivity contribution is 8.00. The van der Waals surface area contributed by atoms with Crippen LogP contribution in [0, 0.1) is 0 Å². The van der Waals surface area contributed by atoms with Crippen LogP contribution in [-0.4, -0.2) is 44.0 Å². The molecule has 1 aliphatic heterocycles. The number of carbonyl (C=O) groups is 2. The van der Waals surface area contributed by atoms with E-state index in [-0.39, 0.29) is 11.3 Å². The van der Waals surface area contributed by atoms with E-state index >= 15 is 0 Å². The molecule has 5 nitrogen and oxygen atoms in total. The van der Waals surface area contributed by atoms with Crippen molar-refractivity contribution in [2.24, 2.45) is 0 Å². The van der Waals surface area contributed by atoms with Crippen molar-refractivity contribution in [2.75, 3.05) is 5.75 Å². The van der Waals surface area contributed by atoms with Gasteiger partial charge in [0.25, 0.3) is 5.91 Å². The van der Waals surface area contributed by atoms with Crippen LogP contribution < -0.4 is 0 Å². The number of hydrogen-bond acceptors (Lipinski definition) is 4. The van der Waals surface area contributed by atoms with E-state index in [0.717, 1.165) is 0 Å². The van der Waals surface area contributed by atoms with Crippen molar-refractivity contribution in [1.82, 2.24) is 9.88 Å². The van der Waals surface area contributed by atoms with E-state index in [2.05, 4.69) is 4.98 Å². The number of carboxylic acid groups (broad SMARTS) is 1. The summed E-state index contributed by atoms with van der Waals surface area (Å²) in [6, 6.07) is 2.30. The second-order valence-corrected chi connectivity index (χ2v) is 5.73. The van der Waals surface area contributed by atoms with Gasteiger partial charge in [-0.3, -0.25) is 4.79 Å². The van der Waals surface area contributed by atoms with Crippen LogP contribution in [0.4, 0.5) is 0 Å². The molecule has 0 radical (unpaired) electrons. The highest BCUT2D eigenvalue weighted by atomic mass is 35.5. The van der Waals surface area contributed by atoms with Crippen molar-refractivity contribution in [2.45, 2.75) is 24.8 Å². The molecule has 1 amide bonds. The van der Waals surface area contributed by atoms with Crippen LogP contribution in [0.5, 0.6) is 0 Å². The van der Waals surface area contributed by atoms with Crippen LogP contribution in [0.2, 0.25) is 5.15 Å². The number of carbonyl (C=O) groups excluding carboxylic acids is 1. The molecule has 7 heteroatoms. The van der Waals surface area contributed by atoms with Crippen LogP contribution >= 0.6 is 23.4 Å². The standard InChI is InChI=1S/C12H13ClN2O3S/c1-2-10-15(8(6-19-10)12(17)18)11(16)7-3-4-9(13)14-5-7/h3-5,8,10H,2,6H2,1H3,(H,17,18). The summed E-state index contributed by atoms with van der Waals surface area (Å²) in [5.74, 6) is -0.868. The number of amides is 1. The summed E-state index contributed by atoms with van der Waals surface area (Å²) in [4.78, 5) is 28.9. The fourth-order valence-electron chi connectivity index (χ4n) is 1.99. The number of carboxylic acids is 1. The summed E-state index contributed by atoms with van der Waals surface area (Å²) in [6.45, 7) is 1.93. The smallest absolute Gasteiger partial charge is 0.327 e. The van der Waals surface area contributed by atoms with Gasteiger partial charge in [0.1, 0.15) is 11.2 Å². The number of thioether (sulfide) groups is 1. The molecule has 1 saturated heterocycles. The Morgan fingerprint density at radius 3 is 2.84 bits per heavy atom. The minimum Gasteiger partial charge on any atom is -0.480 e. The second-order valence-electron chi connectivity index (χ2n) is 4.13. The molecule has 0 spiro atoms. The van der Waals surface area contributed by atoms with Crippen molar-refractivity contribution >= 4 is 35.2 Å². The summed E-state index contributed by atoms with van der Waals surface area (Å²) in [5.41, 5.74) is 0.358. The first-order chi connectivity index (χ1) is 9.04. The van der Waals surface area contributed by atoms with Gasteiger partial charge in [-0.2, -0.15) is 0 Å². The van der Waals surface area contributed by atoms with Crippen LogP contribution in [-0.2, 0) is 4.79 Å². The van der Waals surface area contributed by atoms with Gasteiger partial charge in [0.05, 0.1) is 10.9 Å². The van der Waals surface area contributed by atoms with Gasteiger partial charge in [-0.05, 0) is 18.6 Å². The molecule has 0 aromatic carbocycles. The first-order valence-electron chi connectivity index (χ1n) is 5.83. The lowest BCUT2D eigenvalue weighted by Crippen LogP contribution is -2.45. The van der Waals surface area contributed by atoms with Crippen LogP contribution in [0.25, 0.3) is 0 Å². The molecular weight excluding hydrogens is 288 g/mol. The molecule has 2 heterocycles. The van der Waals surface area contributed by atoms with E-state index < -0.39 is 12.0 Å². The molecule has 2 rings (SSSR count). The lowest BCUT2D eigenvalue weighted by molar-refractivity contribution is -0.141. The maximum absolute atomic E-state index is 12.4. The zero-order chi connectivity index (χ0) is 14.0. The Hall–Kier alpha value is -1.27. The van der Waals surface area contributed by atoms with E-state index in [4.69, 9.17) is 11.6 Å². The van der Waals surface area contributed by atoms with Gasteiger partial charge >= 0.3 is 5.97 Å². The number of halogens is 1. The third-order valence-electron chi connectivity index (χ3n) is 2.94. The summed E-state index contributed by atoms with van der Waals surface area (Å²) in [6.07, 6.45) is 2.08. The lowest BCUT2D eigenvalue weighted by atomic mass is 10.2. The molecule has 1 N–H and O–H groups in total. The van der Waals surface area contributed by atoms with Crippen molar-refractivity contribution in [3.63, 3.8) is 0 Å². The first-order valence-corrected chi connectivity index (χ1v) is 7.26. The zero-order valence-electron chi connectivity index (χ0n) is 10.2. The third-order valence-corrected chi connectivity index (χ3v) is 4.61. The Morgan fingerprint density at radius 2 is 2.32 bits per heavy atom. The third kappa shape index (κ3) is 2.84. The Balaban J connectivity index is 2.28. The van der Waals surface area contributed by atoms with E-state index in [1.807, 2.05) is 6.92 Å². The number of hydrogen-bond donors (Lipinski definition) is 1. The number of aromatic nitrogens is 1. The molecule has 19 heavy (non-hydrogen) atoms. The molecule has 2 atom stereocenters. The predicted octanol–water partition coefficient (Wildman–Crippen LogP) is 2.11.